The normalized spacial score (nSPS) is 12.7. The number of carboxylic acids is 1. The van der Waals surface area contributed by atoms with Crippen molar-refractivity contribution < 1.29 is 9.90 Å². The number of allylic oxidation sites excluding steroid dienone is 1. The summed E-state index contributed by atoms with van der Waals surface area (Å²) < 4.78 is 0. The van der Waals surface area contributed by atoms with Crippen LogP contribution in [0.2, 0.25) is 0 Å². The van der Waals surface area contributed by atoms with Gasteiger partial charge in [-0.3, -0.25) is 0 Å². The number of aliphatic carboxylic acids is 1. The van der Waals surface area contributed by atoms with Gasteiger partial charge in [0.2, 0.25) is 0 Å². The van der Waals surface area contributed by atoms with Crippen LogP contribution in [0.5, 0.6) is 0 Å². The van der Waals surface area contributed by atoms with Crippen LogP contribution < -0.4 is 0 Å². The van der Waals surface area contributed by atoms with E-state index in [1.807, 2.05) is 0 Å². The van der Waals surface area contributed by atoms with Crippen LogP contribution >= 0.6 is 0 Å². The number of carbonyl (C=O) groups is 1. The third kappa shape index (κ3) is 3.96. The van der Waals surface area contributed by atoms with Crippen molar-refractivity contribution in [3.63, 3.8) is 0 Å². The lowest BCUT2D eigenvalue weighted by atomic mass is 9.81. The Morgan fingerprint density at radius 1 is 1.10 bits per heavy atom. The Balaban J connectivity index is 3.54. The first-order chi connectivity index (χ1) is 9.03. The second-order valence-electron chi connectivity index (χ2n) is 6.88. The Labute approximate surface area is 122 Å². The zero-order valence-corrected chi connectivity index (χ0v) is 13.7. The highest BCUT2D eigenvalue weighted by molar-refractivity contribution is 5.91. The van der Waals surface area contributed by atoms with Crippen molar-refractivity contribution in [1.29, 1.82) is 0 Å². The molecule has 1 rings (SSSR count). The van der Waals surface area contributed by atoms with E-state index in [9.17, 15) is 9.90 Å². The zero-order chi connectivity index (χ0) is 15.7. The highest BCUT2D eigenvalue weighted by atomic mass is 16.4. The maximum absolute atomic E-state index is 11.2. The molecule has 0 aliphatic rings. The van der Waals surface area contributed by atoms with Gasteiger partial charge in [-0.2, -0.15) is 0 Å². The average molecular weight is 274 g/mol. The van der Waals surface area contributed by atoms with E-state index < -0.39 is 5.97 Å². The highest BCUT2D eigenvalue weighted by Gasteiger charge is 2.19. The monoisotopic (exact) mass is 274 g/mol. The van der Waals surface area contributed by atoms with Crippen molar-refractivity contribution in [1.82, 2.24) is 0 Å². The van der Waals surface area contributed by atoms with E-state index in [0.29, 0.717) is 0 Å². The molecular weight excluding hydrogens is 248 g/mol. The van der Waals surface area contributed by atoms with Crippen molar-refractivity contribution in [2.75, 3.05) is 0 Å². The molecule has 0 bridgehead atoms. The summed E-state index contributed by atoms with van der Waals surface area (Å²) in [5.74, 6) is -0.873. The molecule has 0 aromatic heterocycles. The molecule has 0 heterocycles. The molecule has 20 heavy (non-hydrogen) atoms. The summed E-state index contributed by atoms with van der Waals surface area (Å²) in [4.78, 5) is 11.2. The molecule has 0 atom stereocenters. The third-order valence-electron chi connectivity index (χ3n) is 3.71. The van der Waals surface area contributed by atoms with Crippen LogP contribution in [-0.2, 0) is 4.79 Å². The maximum atomic E-state index is 11.2. The van der Waals surface area contributed by atoms with Crippen LogP contribution in [0.25, 0.3) is 5.57 Å². The van der Waals surface area contributed by atoms with E-state index in [1.165, 1.54) is 28.3 Å². The number of benzene rings is 1. The van der Waals surface area contributed by atoms with Gasteiger partial charge in [0.25, 0.3) is 0 Å². The molecule has 0 aliphatic carbocycles. The molecule has 0 fully saturated rings. The van der Waals surface area contributed by atoms with Gasteiger partial charge in [-0.1, -0.05) is 26.8 Å². The minimum Gasteiger partial charge on any atom is -0.478 e. The summed E-state index contributed by atoms with van der Waals surface area (Å²) >= 11 is 0. The maximum Gasteiger partial charge on any atom is 0.328 e. The first-order valence-corrected chi connectivity index (χ1v) is 7.04. The Morgan fingerprint density at radius 2 is 1.55 bits per heavy atom. The lowest BCUT2D eigenvalue weighted by molar-refractivity contribution is -0.131. The Hall–Kier alpha value is -1.57. The molecule has 2 heteroatoms. The molecule has 0 amide bonds. The lowest BCUT2D eigenvalue weighted by Gasteiger charge is -2.24. The number of hydrogen-bond donors (Lipinski definition) is 1. The van der Waals surface area contributed by atoms with E-state index in [2.05, 4.69) is 54.5 Å². The van der Waals surface area contributed by atoms with E-state index in [0.717, 1.165) is 17.6 Å². The van der Waals surface area contributed by atoms with Crippen LogP contribution in [-0.4, -0.2) is 11.1 Å². The average Bonchev–Trinajstić information content (AvgIpc) is 2.23. The summed E-state index contributed by atoms with van der Waals surface area (Å²) in [5, 5.41) is 9.19. The number of rotatable bonds is 3. The summed E-state index contributed by atoms with van der Waals surface area (Å²) in [5.41, 5.74) is 6.89. The first-order valence-electron chi connectivity index (χ1n) is 7.04. The summed E-state index contributed by atoms with van der Waals surface area (Å²) in [6, 6.07) is 2.17. The minimum atomic E-state index is -0.873. The fraction of sp³-hybridized carbons (Fsp3) is 0.500. The van der Waals surface area contributed by atoms with Gasteiger partial charge >= 0.3 is 5.97 Å². The molecule has 0 aliphatic heterocycles. The van der Waals surface area contributed by atoms with E-state index in [1.54, 1.807) is 0 Å². The van der Waals surface area contributed by atoms with Crippen LogP contribution in [0.1, 0.15) is 55.0 Å². The Bertz CT molecular complexity index is 532. The smallest absolute Gasteiger partial charge is 0.328 e. The van der Waals surface area contributed by atoms with Gasteiger partial charge in [-0.05, 0) is 72.9 Å². The topological polar surface area (TPSA) is 37.3 Å². The van der Waals surface area contributed by atoms with Crippen molar-refractivity contribution in [2.45, 2.75) is 54.9 Å². The van der Waals surface area contributed by atoms with Gasteiger partial charge in [0.1, 0.15) is 0 Å². The molecule has 0 spiro atoms. The quantitative estimate of drug-likeness (QED) is 0.802. The molecule has 110 valence electrons. The van der Waals surface area contributed by atoms with Gasteiger partial charge in [0, 0.05) is 6.08 Å². The number of aryl methyl sites for hydroxylation is 2. The zero-order valence-electron chi connectivity index (χ0n) is 13.7. The third-order valence-corrected chi connectivity index (χ3v) is 3.71. The van der Waals surface area contributed by atoms with Gasteiger partial charge in [-0.25, -0.2) is 4.79 Å². The van der Waals surface area contributed by atoms with E-state index in [4.69, 9.17) is 0 Å². The standard InChI is InChI=1S/C18H26O2/c1-11-8-12(2)14(4)17(13(11)3)15(9-16(19)20)10-18(5,6)7/h8-9H,10H2,1-7H3,(H,19,20)/b15-9-. The van der Waals surface area contributed by atoms with E-state index >= 15 is 0 Å². The molecule has 1 N–H and O–H groups in total. The van der Waals surface area contributed by atoms with E-state index in [-0.39, 0.29) is 5.41 Å². The fourth-order valence-corrected chi connectivity index (χ4v) is 2.63. The molecule has 1 aromatic rings. The number of hydrogen-bond acceptors (Lipinski definition) is 1. The van der Waals surface area contributed by atoms with Crippen LogP contribution in [0, 0.1) is 33.1 Å². The summed E-state index contributed by atoms with van der Waals surface area (Å²) in [6.07, 6.45) is 2.13. The largest absolute Gasteiger partial charge is 0.478 e. The van der Waals surface area contributed by atoms with Crippen LogP contribution in [0.15, 0.2) is 12.1 Å². The molecule has 0 radical (unpaired) electrons. The predicted octanol–water partition coefficient (Wildman–Crippen LogP) is 4.82. The lowest BCUT2D eigenvalue weighted by Crippen LogP contribution is -2.10. The molecule has 0 saturated heterocycles. The Morgan fingerprint density at radius 3 is 1.90 bits per heavy atom. The van der Waals surface area contributed by atoms with Crippen molar-refractivity contribution in [3.8, 4) is 0 Å². The van der Waals surface area contributed by atoms with Crippen molar-refractivity contribution in [2.24, 2.45) is 5.41 Å². The SMILES string of the molecule is Cc1cc(C)c(C)c(/C(=C\C(=O)O)CC(C)(C)C)c1C. The molecular formula is C18H26O2. The summed E-state index contributed by atoms with van der Waals surface area (Å²) in [7, 11) is 0. The van der Waals surface area contributed by atoms with Gasteiger partial charge < -0.3 is 5.11 Å². The van der Waals surface area contributed by atoms with Gasteiger partial charge in [0.05, 0.1) is 0 Å². The van der Waals surface area contributed by atoms with Crippen molar-refractivity contribution in [3.05, 3.63) is 40.0 Å². The molecule has 2 nitrogen and oxygen atoms in total. The molecule has 0 unspecified atom stereocenters. The summed E-state index contributed by atoms with van der Waals surface area (Å²) in [6.45, 7) is 14.7. The predicted molar refractivity (Wildman–Crippen MR) is 85.1 cm³/mol. The van der Waals surface area contributed by atoms with Crippen LogP contribution in [0.4, 0.5) is 0 Å². The van der Waals surface area contributed by atoms with Crippen LogP contribution in [0.3, 0.4) is 0 Å². The first kappa shape index (κ1) is 16.5. The van der Waals surface area contributed by atoms with Gasteiger partial charge in [-0.15, -0.1) is 0 Å². The second-order valence-corrected chi connectivity index (χ2v) is 6.88. The second kappa shape index (κ2) is 5.82. The Kier molecular flexibility index (Phi) is 4.80. The fourth-order valence-electron chi connectivity index (χ4n) is 2.63. The van der Waals surface area contributed by atoms with Crippen molar-refractivity contribution >= 4 is 11.5 Å². The van der Waals surface area contributed by atoms with Gasteiger partial charge in [0.15, 0.2) is 0 Å². The highest BCUT2D eigenvalue weighted by Crippen LogP contribution is 2.35. The molecule has 0 saturated carbocycles. The molecule has 1 aromatic carbocycles. The number of carboxylic acid groups (broad SMARTS) is 1. The minimum absolute atomic E-state index is 0.0534.